The van der Waals surface area contributed by atoms with Crippen molar-refractivity contribution < 1.29 is 22.8 Å². The summed E-state index contributed by atoms with van der Waals surface area (Å²) in [7, 11) is -4.05. The minimum Gasteiger partial charge on any atom is -0.352 e. The van der Waals surface area contributed by atoms with Crippen molar-refractivity contribution >= 4 is 27.7 Å². The Kier molecular flexibility index (Phi) is 8.50. The van der Waals surface area contributed by atoms with Crippen LogP contribution in [0.3, 0.4) is 0 Å². The van der Waals surface area contributed by atoms with Crippen molar-refractivity contribution in [2.75, 3.05) is 6.54 Å². The van der Waals surface area contributed by atoms with Crippen LogP contribution in [0, 0.1) is 6.92 Å². The van der Waals surface area contributed by atoms with Gasteiger partial charge in [0.1, 0.15) is 10.9 Å². The maximum Gasteiger partial charge on any atom is 0.269 e. The van der Waals surface area contributed by atoms with Crippen molar-refractivity contribution in [1.82, 2.24) is 14.5 Å². The second kappa shape index (κ2) is 11.8. The number of hydrogen-bond donors (Lipinski definition) is 1. The Labute approximate surface area is 229 Å². The molecule has 9 heteroatoms. The van der Waals surface area contributed by atoms with Crippen LogP contribution in [0.5, 0.6) is 0 Å². The summed E-state index contributed by atoms with van der Waals surface area (Å²) >= 11 is 0. The van der Waals surface area contributed by atoms with E-state index in [1.54, 1.807) is 12.1 Å². The van der Waals surface area contributed by atoms with Crippen molar-refractivity contribution in [3.8, 4) is 0 Å². The van der Waals surface area contributed by atoms with E-state index in [9.17, 15) is 22.8 Å². The summed E-state index contributed by atoms with van der Waals surface area (Å²) in [4.78, 5) is 41.7. The summed E-state index contributed by atoms with van der Waals surface area (Å²) in [5, 5.41) is 2.93. The van der Waals surface area contributed by atoms with Crippen LogP contribution in [-0.2, 0) is 32.6 Å². The average molecular weight is 548 g/mol. The number of carbonyl (C=O) groups is 3. The molecule has 1 aliphatic rings. The number of fused-ring (bicyclic) bond motifs is 1. The fourth-order valence-electron chi connectivity index (χ4n) is 4.70. The maximum absolute atomic E-state index is 13.8. The van der Waals surface area contributed by atoms with Crippen LogP contribution in [0.15, 0.2) is 83.8 Å². The van der Waals surface area contributed by atoms with Gasteiger partial charge in [0, 0.05) is 32.0 Å². The quantitative estimate of drug-likeness (QED) is 0.417. The molecular weight excluding hydrogens is 514 g/mol. The molecule has 1 aliphatic heterocycles. The highest BCUT2D eigenvalue weighted by Gasteiger charge is 2.41. The lowest BCUT2D eigenvalue weighted by atomic mass is 10.0. The van der Waals surface area contributed by atoms with Crippen molar-refractivity contribution in [3.63, 3.8) is 0 Å². The van der Waals surface area contributed by atoms with Gasteiger partial charge in [-0.25, -0.2) is 12.7 Å². The normalized spacial score (nSPS) is 14.7. The van der Waals surface area contributed by atoms with Crippen LogP contribution < -0.4 is 5.32 Å². The van der Waals surface area contributed by atoms with Gasteiger partial charge in [0.05, 0.1) is 5.56 Å². The third kappa shape index (κ3) is 6.20. The van der Waals surface area contributed by atoms with Crippen molar-refractivity contribution in [2.45, 2.75) is 57.1 Å². The Morgan fingerprint density at radius 2 is 1.56 bits per heavy atom. The van der Waals surface area contributed by atoms with Gasteiger partial charge in [0.25, 0.3) is 15.9 Å². The molecular formula is C30H33N3O5S. The van der Waals surface area contributed by atoms with Gasteiger partial charge in [-0.1, -0.05) is 66.7 Å². The number of hydrogen-bond acceptors (Lipinski definition) is 5. The number of rotatable bonds is 10. The van der Waals surface area contributed by atoms with E-state index in [2.05, 4.69) is 5.32 Å². The van der Waals surface area contributed by atoms with E-state index in [1.165, 1.54) is 17.0 Å². The minimum absolute atomic E-state index is 0.0579. The molecule has 0 fully saturated rings. The third-order valence-electron chi connectivity index (χ3n) is 6.74. The summed E-state index contributed by atoms with van der Waals surface area (Å²) in [5.74, 6) is -1.37. The summed E-state index contributed by atoms with van der Waals surface area (Å²) < 4.78 is 26.8. The van der Waals surface area contributed by atoms with Crippen LogP contribution in [0.4, 0.5) is 0 Å². The Morgan fingerprint density at radius 1 is 0.923 bits per heavy atom. The van der Waals surface area contributed by atoms with Gasteiger partial charge >= 0.3 is 0 Å². The summed E-state index contributed by atoms with van der Waals surface area (Å²) in [5.41, 5.74) is 2.82. The number of benzene rings is 3. The number of sulfonamides is 1. The molecule has 3 aromatic carbocycles. The highest BCUT2D eigenvalue weighted by Crippen LogP contribution is 2.30. The Balaban J connectivity index is 1.65. The fraction of sp³-hybridized carbons (Fsp3) is 0.300. The maximum atomic E-state index is 13.8. The number of amides is 3. The molecule has 4 rings (SSSR count). The first kappa shape index (κ1) is 28.0. The van der Waals surface area contributed by atoms with Crippen molar-refractivity contribution in [2.24, 2.45) is 0 Å². The molecule has 0 saturated heterocycles. The SMILES string of the molecule is Cc1ccccc1CN(C(=O)CCN1C(=O)c2ccccc2S1(=O)=O)C(Cc1ccccc1)C(=O)NC(C)C. The highest BCUT2D eigenvalue weighted by atomic mass is 32.2. The molecule has 204 valence electrons. The molecule has 8 nitrogen and oxygen atoms in total. The van der Waals surface area contributed by atoms with Crippen molar-refractivity contribution in [3.05, 3.63) is 101 Å². The van der Waals surface area contributed by atoms with Crippen LogP contribution >= 0.6 is 0 Å². The molecule has 0 aliphatic carbocycles. The Hall–Kier alpha value is -3.98. The number of aryl methyl sites for hydroxylation is 1. The van der Waals surface area contributed by atoms with Crippen LogP contribution in [0.2, 0.25) is 0 Å². The predicted molar refractivity (Wildman–Crippen MR) is 148 cm³/mol. The van der Waals surface area contributed by atoms with Gasteiger partial charge in [-0.15, -0.1) is 0 Å². The molecule has 39 heavy (non-hydrogen) atoms. The zero-order valence-electron chi connectivity index (χ0n) is 22.3. The van der Waals surface area contributed by atoms with Crippen LogP contribution in [0.25, 0.3) is 0 Å². The molecule has 1 unspecified atom stereocenters. The zero-order valence-corrected chi connectivity index (χ0v) is 23.1. The number of nitrogens with one attached hydrogen (secondary N) is 1. The monoisotopic (exact) mass is 547 g/mol. The first-order valence-corrected chi connectivity index (χ1v) is 14.4. The molecule has 1 atom stereocenters. The smallest absolute Gasteiger partial charge is 0.269 e. The van der Waals surface area contributed by atoms with Crippen molar-refractivity contribution in [1.29, 1.82) is 0 Å². The molecule has 0 radical (unpaired) electrons. The van der Waals surface area contributed by atoms with Gasteiger partial charge in [0.2, 0.25) is 11.8 Å². The van der Waals surface area contributed by atoms with E-state index in [0.717, 1.165) is 21.0 Å². The van der Waals surface area contributed by atoms with Gasteiger partial charge in [-0.05, 0) is 49.6 Å². The standard InChI is InChI=1S/C30H33N3O5S/c1-21(2)31-29(35)26(19-23-12-5-4-6-13-23)32(20-24-14-8-7-11-22(24)3)28(34)17-18-33-30(36)25-15-9-10-16-27(25)39(33,37)38/h4-16,21,26H,17-20H2,1-3H3,(H,31,35). The van der Waals surface area contributed by atoms with Gasteiger partial charge in [-0.3, -0.25) is 14.4 Å². The lowest BCUT2D eigenvalue weighted by Gasteiger charge is -2.33. The molecule has 0 saturated carbocycles. The summed E-state index contributed by atoms with van der Waals surface area (Å²) in [6.07, 6.45) is 0.0223. The number of nitrogens with zero attached hydrogens (tertiary/aromatic N) is 2. The van der Waals surface area contributed by atoms with Gasteiger partial charge < -0.3 is 10.2 Å². The molecule has 0 spiro atoms. The summed E-state index contributed by atoms with van der Waals surface area (Å²) in [6.45, 7) is 5.49. The van der Waals surface area contributed by atoms with Gasteiger partial charge in [-0.2, -0.15) is 0 Å². The van der Waals surface area contributed by atoms with Gasteiger partial charge in [0.15, 0.2) is 0 Å². The zero-order chi connectivity index (χ0) is 28.2. The van der Waals surface area contributed by atoms with Crippen LogP contribution in [-0.4, -0.2) is 54.0 Å². The van der Waals surface area contributed by atoms with E-state index in [4.69, 9.17) is 0 Å². The molecule has 1 N–H and O–H groups in total. The lowest BCUT2D eigenvalue weighted by molar-refractivity contribution is -0.141. The Morgan fingerprint density at radius 3 is 2.23 bits per heavy atom. The largest absolute Gasteiger partial charge is 0.352 e. The molecule has 1 heterocycles. The predicted octanol–water partition coefficient (Wildman–Crippen LogP) is 3.69. The van der Waals surface area contributed by atoms with E-state index in [-0.39, 0.29) is 48.3 Å². The van der Waals surface area contributed by atoms with E-state index in [1.807, 2.05) is 75.4 Å². The van der Waals surface area contributed by atoms with E-state index >= 15 is 0 Å². The first-order chi connectivity index (χ1) is 18.6. The molecule has 3 aromatic rings. The van der Waals surface area contributed by atoms with Crippen LogP contribution in [0.1, 0.15) is 47.3 Å². The topological polar surface area (TPSA) is 104 Å². The minimum atomic E-state index is -4.05. The number of carbonyl (C=O) groups excluding carboxylic acids is 3. The van der Waals surface area contributed by atoms with E-state index in [0.29, 0.717) is 0 Å². The third-order valence-corrected chi connectivity index (χ3v) is 8.59. The molecule has 0 aromatic heterocycles. The summed E-state index contributed by atoms with van der Waals surface area (Å²) in [6, 6.07) is 22.1. The second-order valence-corrected chi connectivity index (χ2v) is 11.8. The highest BCUT2D eigenvalue weighted by molar-refractivity contribution is 7.90. The Bertz CT molecular complexity index is 1470. The molecule has 0 bridgehead atoms. The first-order valence-electron chi connectivity index (χ1n) is 12.9. The van der Waals surface area contributed by atoms with E-state index < -0.39 is 27.9 Å². The average Bonchev–Trinajstić information content (AvgIpc) is 3.10. The lowest BCUT2D eigenvalue weighted by Crippen LogP contribution is -2.52. The molecule has 3 amide bonds. The second-order valence-electron chi connectivity index (χ2n) is 9.95. The fourth-order valence-corrected chi connectivity index (χ4v) is 6.27.